The molecule has 114 valence electrons. The largest absolute Gasteiger partial charge is 0.371 e. The number of hydrogen-bond donors (Lipinski definition) is 1. The van der Waals surface area contributed by atoms with Gasteiger partial charge in [0, 0.05) is 6.04 Å². The quantitative estimate of drug-likeness (QED) is 0.786. The van der Waals surface area contributed by atoms with E-state index in [4.69, 9.17) is 4.74 Å². The van der Waals surface area contributed by atoms with Crippen molar-refractivity contribution < 1.29 is 4.74 Å². The summed E-state index contributed by atoms with van der Waals surface area (Å²) in [5.74, 6) is 0. The van der Waals surface area contributed by atoms with E-state index in [0.717, 1.165) is 0 Å². The van der Waals surface area contributed by atoms with E-state index in [-0.39, 0.29) is 5.60 Å². The minimum Gasteiger partial charge on any atom is -0.371 e. The minimum absolute atomic E-state index is 0.0309. The number of rotatable bonds is 2. The van der Waals surface area contributed by atoms with Crippen LogP contribution in [0.4, 0.5) is 0 Å². The fourth-order valence-electron chi connectivity index (χ4n) is 3.08. The van der Waals surface area contributed by atoms with Gasteiger partial charge in [-0.3, -0.25) is 0 Å². The third kappa shape index (κ3) is 7.94. The molecule has 1 aliphatic rings. The number of hydrogen-bond acceptors (Lipinski definition) is 2. The monoisotopic (exact) mass is 269 g/mol. The van der Waals surface area contributed by atoms with E-state index < -0.39 is 0 Å². The molecule has 1 fully saturated rings. The van der Waals surface area contributed by atoms with E-state index >= 15 is 0 Å². The van der Waals surface area contributed by atoms with Crippen LogP contribution in [0, 0.1) is 0 Å². The highest BCUT2D eigenvalue weighted by molar-refractivity contribution is 4.79. The molecule has 1 N–H and O–H groups in total. The Morgan fingerprint density at radius 3 is 1.74 bits per heavy atom. The Kier molecular flexibility index (Phi) is 8.01. The van der Waals surface area contributed by atoms with Crippen molar-refractivity contribution in [3.8, 4) is 0 Å². The summed E-state index contributed by atoms with van der Waals surface area (Å²) in [4.78, 5) is 0. The van der Waals surface area contributed by atoms with Crippen LogP contribution in [0.5, 0.6) is 0 Å². The van der Waals surface area contributed by atoms with Crippen molar-refractivity contribution in [3.05, 3.63) is 0 Å². The lowest BCUT2D eigenvalue weighted by molar-refractivity contribution is -0.0795. The molecule has 0 bridgehead atoms. The molecular formula is C17H35NO. The van der Waals surface area contributed by atoms with Crippen LogP contribution in [-0.2, 0) is 4.74 Å². The molecule has 2 heteroatoms. The average molecular weight is 269 g/mol. The molecule has 0 aromatic heterocycles. The highest BCUT2D eigenvalue weighted by atomic mass is 16.5. The summed E-state index contributed by atoms with van der Waals surface area (Å²) in [6.45, 7) is 6.53. The van der Waals surface area contributed by atoms with Crippen LogP contribution in [0.25, 0.3) is 0 Å². The predicted octanol–water partition coefficient (Wildman–Crippen LogP) is 4.67. The van der Waals surface area contributed by atoms with E-state index in [1.165, 1.54) is 64.2 Å². The third-order valence-corrected chi connectivity index (χ3v) is 4.08. The molecule has 0 heterocycles. The summed E-state index contributed by atoms with van der Waals surface area (Å²) in [6.07, 6.45) is 14.0. The van der Waals surface area contributed by atoms with Gasteiger partial charge in [0.1, 0.15) is 0 Å². The van der Waals surface area contributed by atoms with Gasteiger partial charge in [0.15, 0.2) is 0 Å². The van der Waals surface area contributed by atoms with Gasteiger partial charge in [0.05, 0.1) is 11.7 Å². The van der Waals surface area contributed by atoms with Crippen molar-refractivity contribution in [1.29, 1.82) is 0 Å². The van der Waals surface area contributed by atoms with Crippen molar-refractivity contribution in [1.82, 2.24) is 5.32 Å². The maximum absolute atomic E-state index is 6.32. The molecule has 0 saturated heterocycles. The summed E-state index contributed by atoms with van der Waals surface area (Å²) in [7, 11) is 2.09. The van der Waals surface area contributed by atoms with E-state index in [2.05, 4.69) is 33.1 Å². The highest BCUT2D eigenvalue weighted by Crippen LogP contribution is 2.23. The van der Waals surface area contributed by atoms with Gasteiger partial charge in [-0.1, -0.05) is 51.4 Å². The van der Waals surface area contributed by atoms with Gasteiger partial charge in [-0.15, -0.1) is 0 Å². The van der Waals surface area contributed by atoms with Gasteiger partial charge in [0.2, 0.25) is 0 Å². The lowest BCUT2D eigenvalue weighted by Gasteiger charge is -2.33. The van der Waals surface area contributed by atoms with Crippen molar-refractivity contribution in [2.75, 3.05) is 7.05 Å². The van der Waals surface area contributed by atoms with Crippen molar-refractivity contribution in [2.45, 2.75) is 103 Å². The Hall–Kier alpha value is -0.0800. The van der Waals surface area contributed by atoms with Gasteiger partial charge < -0.3 is 10.1 Å². The van der Waals surface area contributed by atoms with Gasteiger partial charge in [-0.05, 0) is 40.7 Å². The molecule has 1 saturated carbocycles. The van der Waals surface area contributed by atoms with Crippen molar-refractivity contribution >= 4 is 0 Å². The second-order valence-corrected chi connectivity index (χ2v) is 7.07. The smallest absolute Gasteiger partial charge is 0.0735 e. The first kappa shape index (κ1) is 17.0. The number of nitrogens with one attached hydrogen (secondary N) is 1. The molecule has 0 amide bonds. The summed E-state index contributed by atoms with van der Waals surface area (Å²) >= 11 is 0. The Morgan fingerprint density at radius 1 is 0.789 bits per heavy atom. The zero-order chi connectivity index (χ0) is 14.1. The molecule has 0 spiro atoms. The summed E-state index contributed by atoms with van der Waals surface area (Å²) in [6, 6.07) is 0.527. The maximum atomic E-state index is 6.32. The first-order chi connectivity index (χ1) is 9.03. The molecule has 2 atom stereocenters. The zero-order valence-electron chi connectivity index (χ0n) is 13.6. The van der Waals surface area contributed by atoms with Gasteiger partial charge in [-0.2, -0.15) is 0 Å². The Bertz CT molecular complexity index is 222. The maximum Gasteiger partial charge on any atom is 0.0735 e. The van der Waals surface area contributed by atoms with E-state index in [9.17, 15) is 0 Å². The van der Waals surface area contributed by atoms with Crippen molar-refractivity contribution in [3.63, 3.8) is 0 Å². The summed E-state index contributed by atoms with van der Waals surface area (Å²) in [5.41, 5.74) is -0.0309. The lowest BCUT2D eigenvalue weighted by Crippen LogP contribution is -2.43. The van der Waals surface area contributed by atoms with E-state index in [1.54, 1.807) is 0 Å². The summed E-state index contributed by atoms with van der Waals surface area (Å²) < 4.78 is 6.32. The van der Waals surface area contributed by atoms with Crippen LogP contribution in [-0.4, -0.2) is 24.8 Å². The molecule has 2 nitrogen and oxygen atoms in total. The topological polar surface area (TPSA) is 21.3 Å². The Labute approximate surface area is 120 Å². The fourth-order valence-corrected chi connectivity index (χ4v) is 3.08. The standard InChI is InChI=1S/C17H35NO/c1-17(2,3)19-16-14-12-10-8-6-5-7-9-11-13-15(16)18-4/h15-16,18H,5-14H2,1-4H3. The number of likely N-dealkylation sites (N-methyl/N-ethyl adjacent to an activating group) is 1. The number of ether oxygens (including phenoxy) is 1. The van der Waals surface area contributed by atoms with E-state index in [0.29, 0.717) is 12.1 Å². The van der Waals surface area contributed by atoms with Crippen LogP contribution in [0.1, 0.15) is 85.0 Å². The fraction of sp³-hybridized carbons (Fsp3) is 1.00. The van der Waals surface area contributed by atoms with Crippen LogP contribution in [0.15, 0.2) is 0 Å². The molecule has 0 aliphatic heterocycles. The third-order valence-electron chi connectivity index (χ3n) is 4.08. The molecular weight excluding hydrogens is 234 g/mol. The van der Waals surface area contributed by atoms with E-state index in [1.807, 2.05) is 0 Å². The normalized spacial score (nSPS) is 28.4. The molecule has 0 radical (unpaired) electrons. The second-order valence-electron chi connectivity index (χ2n) is 7.07. The van der Waals surface area contributed by atoms with Gasteiger partial charge in [-0.25, -0.2) is 0 Å². The van der Waals surface area contributed by atoms with Crippen LogP contribution < -0.4 is 5.32 Å². The molecule has 0 aromatic carbocycles. The van der Waals surface area contributed by atoms with Crippen molar-refractivity contribution in [2.24, 2.45) is 0 Å². The Balaban J connectivity index is 2.56. The van der Waals surface area contributed by atoms with Crippen LogP contribution in [0.2, 0.25) is 0 Å². The van der Waals surface area contributed by atoms with Gasteiger partial charge in [0.25, 0.3) is 0 Å². The molecule has 0 aromatic rings. The van der Waals surface area contributed by atoms with Crippen LogP contribution in [0.3, 0.4) is 0 Å². The average Bonchev–Trinajstić information content (AvgIpc) is 2.31. The second kappa shape index (κ2) is 8.97. The summed E-state index contributed by atoms with van der Waals surface area (Å²) in [5, 5.41) is 3.50. The first-order valence-electron chi connectivity index (χ1n) is 8.38. The molecule has 1 aliphatic carbocycles. The first-order valence-corrected chi connectivity index (χ1v) is 8.38. The van der Waals surface area contributed by atoms with Crippen LogP contribution >= 0.6 is 0 Å². The molecule has 19 heavy (non-hydrogen) atoms. The molecule has 1 rings (SSSR count). The predicted molar refractivity (Wildman–Crippen MR) is 83.6 cm³/mol. The minimum atomic E-state index is -0.0309. The Morgan fingerprint density at radius 2 is 1.26 bits per heavy atom. The van der Waals surface area contributed by atoms with Gasteiger partial charge >= 0.3 is 0 Å². The lowest BCUT2D eigenvalue weighted by atomic mass is 9.95. The zero-order valence-corrected chi connectivity index (χ0v) is 13.6. The highest BCUT2D eigenvalue weighted by Gasteiger charge is 2.25. The SMILES string of the molecule is CNC1CCCCCCCCCCC1OC(C)(C)C. The molecule has 2 unspecified atom stereocenters.